The van der Waals surface area contributed by atoms with Crippen LogP contribution in [-0.2, 0) is 19.1 Å². The van der Waals surface area contributed by atoms with Crippen molar-refractivity contribution < 1.29 is 29.0 Å². The third-order valence-corrected chi connectivity index (χ3v) is 9.33. The van der Waals surface area contributed by atoms with Crippen LogP contribution in [0.4, 0.5) is 5.69 Å². The minimum Gasteiger partial charge on any atom is -0.494 e. The van der Waals surface area contributed by atoms with E-state index in [-0.39, 0.29) is 42.8 Å². The number of amides is 3. The topological polar surface area (TPSA) is 99.6 Å². The fraction of sp³-hybridized carbons (Fsp3) is 0.618. The van der Waals surface area contributed by atoms with Crippen molar-refractivity contribution in [1.82, 2.24) is 9.80 Å². The first-order valence-corrected chi connectivity index (χ1v) is 15.6. The number of ether oxygens (including phenoxy) is 2. The van der Waals surface area contributed by atoms with E-state index in [1.54, 1.807) is 26.9 Å². The summed E-state index contributed by atoms with van der Waals surface area (Å²) in [5.74, 6) is -1.58. The van der Waals surface area contributed by atoms with E-state index in [1.807, 2.05) is 65.8 Å². The van der Waals surface area contributed by atoms with Gasteiger partial charge >= 0.3 is 0 Å². The van der Waals surface area contributed by atoms with Crippen LogP contribution in [0.1, 0.15) is 60.8 Å². The molecule has 236 valence electrons. The number of nitrogens with zero attached hydrogens (tertiary/aromatic N) is 3. The molecule has 6 atom stereocenters. The molecule has 0 aliphatic carbocycles. The lowest BCUT2D eigenvalue weighted by Crippen LogP contribution is -2.60. The molecular weight excluding hydrogens is 546 g/mol. The molecule has 3 aliphatic heterocycles. The number of fused-ring (bicyclic) bond motifs is 1. The Morgan fingerprint density at radius 3 is 2.30 bits per heavy atom. The van der Waals surface area contributed by atoms with Crippen LogP contribution in [0.5, 0.6) is 5.75 Å². The second-order valence-electron chi connectivity index (χ2n) is 13.0. The van der Waals surface area contributed by atoms with Crippen molar-refractivity contribution >= 4 is 23.4 Å². The molecule has 3 saturated heterocycles. The Morgan fingerprint density at radius 1 is 1.12 bits per heavy atom. The first-order valence-electron chi connectivity index (χ1n) is 15.6. The molecule has 1 spiro atoms. The number of hydrogen-bond acceptors (Lipinski definition) is 6. The quantitative estimate of drug-likeness (QED) is 0.324. The maximum Gasteiger partial charge on any atom is 0.248 e. The summed E-state index contributed by atoms with van der Waals surface area (Å²) in [6, 6.07) is 5.60. The van der Waals surface area contributed by atoms with E-state index in [0.717, 1.165) is 0 Å². The Balaban J connectivity index is 1.82. The molecule has 3 amide bonds. The molecule has 4 rings (SSSR count). The van der Waals surface area contributed by atoms with Gasteiger partial charge < -0.3 is 29.3 Å². The molecule has 0 radical (unpaired) electrons. The van der Waals surface area contributed by atoms with Gasteiger partial charge in [0.05, 0.1) is 36.7 Å². The second-order valence-corrected chi connectivity index (χ2v) is 13.0. The van der Waals surface area contributed by atoms with Gasteiger partial charge in [0.2, 0.25) is 17.7 Å². The predicted molar refractivity (Wildman–Crippen MR) is 167 cm³/mol. The van der Waals surface area contributed by atoms with Crippen molar-refractivity contribution in [2.24, 2.45) is 17.8 Å². The maximum atomic E-state index is 14.6. The van der Waals surface area contributed by atoms with Gasteiger partial charge in [-0.25, -0.2) is 0 Å². The van der Waals surface area contributed by atoms with Crippen LogP contribution in [0.15, 0.2) is 49.6 Å². The highest BCUT2D eigenvalue weighted by Gasteiger charge is 2.79. The standard InChI is InChI=1S/C34H49N3O6/c1-9-18-35(23(6)7)32(41)29-34-17-16-33(8,43-34)27(28(34)31(40)37(29)25(21-38)20-22(4)5)30(39)36(19-10-2)24-12-14-26(15-13-24)42-11-3/h9-10,12-15,22-23,25,27-29,38H,1-2,11,16-21H2,3-8H3/t25-,27+,28+,29?,33-,34?/m1/s1. The largest absolute Gasteiger partial charge is 0.494 e. The minimum absolute atomic E-state index is 0.148. The van der Waals surface area contributed by atoms with Crippen molar-refractivity contribution in [2.45, 2.75) is 90.1 Å². The minimum atomic E-state index is -1.18. The van der Waals surface area contributed by atoms with Crippen molar-refractivity contribution in [1.29, 1.82) is 0 Å². The molecule has 0 saturated carbocycles. The second kappa shape index (κ2) is 12.8. The third-order valence-electron chi connectivity index (χ3n) is 9.33. The summed E-state index contributed by atoms with van der Waals surface area (Å²) in [5, 5.41) is 10.6. The zero-order chi connectivity index (χ0) is 31.7. The van der Waals surface area contributed by atoms with Gasteiger partial charge in [-0.2, -0.15) is 0 Å². The van der Waals surface area contributed by atoms with Crippen molar-refractivity contribution in [3.63, 3.8) is 0 Å². The van der Waals surface area contributed by atoms with Gasteiger partial charge in [-0.1, -0.05) is 26.0 Å². The Morgan fingerprint density at radius 2 is 1.77 bits per heavy atom. The Bertz CT molecular complexity index is 1210. The molecule has 3 fully saturated rings. The zero-order valence-electron chi connectivity index (χ0n) is 26.6. The first-order chi connectivity index (χ1) is 20.4. The van der Waals surface area contributed by atoms with Gasteiger partial charge in [-0.05, 0) is 77.1 Å². The lowest BCUT2D eigenvalue weighted by atomic mass is 9.66. The average Bonchev–Trinajstić information content (AvgIpc) is 3.53. The van der Waals surface area contributed by atoms with Crippen LogP contribution in [0.25, 0.3) is 0 Å². The molecule has 2 unspecified atom stereocenters. The van der Waals surface area contributed by atoms with Crippen LogP contribution in [0.3, 0.4) is 0 Å². The molecule has 1 aromatic carbocycles. The van der Waals surface area contributed by atoms with Gasteiger partial charge in [0.25, 0.3) is 0 Å². The number of rotatable bonds is 14. The summed E-state index contributed by atoms with van der Waals surface area (Å²) in [4.78, 5) is 48.7. The van der Waals surface area contributed by atoms with E-state index in [1.165, 1.54) is 0 Å². The fourth-order valence-electron chi connectivity index (χ4n) is 7.59. The summed E-state index contributed by atoms with van der Waals surface area (Å²) >= 11 is 0. The van der Waals surface area contributed by atoms with Gasteiger partial charge in [0.1, 0.15) is 17.4 Å². The van der Waals surface area contributed by atoms with Crippen molar-refractivity contribution in [3.05, 3.63) is 49.6 Å². The van der Waals surface area contributed by atoms with E-state index in [0.29, 0.717) is 43.9 Å². The monoisotopic (exact) mass is 595 g/mol. The normalized spacial score (nSPS) is 28.3. The van der Waals surface area contributed by atoms with Crippen LogP contribution in [0.2, 0.25) is 0 Å². The van der Waals surface area contributed by atoms with Gasteiger partial charge in [-0.3, -0.25) is 14.4 Å². The van der Waals surface area contributed by atoms with Gasteiger partial charge in [0, 0.05) is 24.8 Å². The fourth-order valence-corrected chi connectivity index (χ4v) is 7.59. The summed E-state index contributed by atoms with van der Waals surface area (Å²) in [6.45, 7) is 20.2. The number of likely N-dealkylation sites (tertiary alicyclic amines) is 1. The first kappa shape index (κ1) is 32.7. The molecular formula is C34H49N3O6. The summed E-state index contributed by atoms with van der Waals surface area (Å²) in [5.41, 5.74) is -1.45. The van der Waals surface area contributed by atoms with Crippen LogP contribution in [-0.4, -0.2) is 88.3 Å². The number of carbonyl (C=O) groups excluding carboxylic acids is 3. The molecule has 1 N–H and O–H groups in total. The molecule has 9 nitrogen and oxygen atoms in total. The number of hydrogen-bond donors (Lipinski definition) is 1. The zero-order valence-corrected chi connectivity index (χ0v) is 26.6. The summed E-state index contributed by atoms with van der Waals surface area (Å²) in [7, 11) is 0. The Labute approximate surface area is 256 Å². The van der Waals surface area contributed by atoms with Gasteiger partial charge in [0.15, 0.2) is 0 Å². The lowest BCUT2D eigenvalue weighted by molar-refractivity contribution is -0.156. The third kappa shape index (κ3) is 5.62. The van der Waals surface area contributed by atoms with Crippen LogP contribution in [0, 0.1) is 17.8 Å². The van der Waals surface area contributed by atoms with E-state index in [9.17, 15) is 19.5 Å². The smallest absolute Gasteiger partial charge is 0.248 e. The average molecular weight is 596 g/mol. The van der Waals surface area contributed by atoms with E-state index < -0.39 is 35.1 Å². The Kier molecular flexibility index (Phi) is 9.76. The molecule has 0 aromatic heterocycles. The predicted octanol–water partition coefficient (Wildman–Crippen LogP) is 4.20. The SMILES string of the molecule is C=CCN(C(=O)[C@@H]1[C@H]2C(=O)N([C@@H](CO)CC(C)C)C(C(=O)N(CC=C)C(C)C)C23CC[C@@]1(C)O3)c1ccc(OCC)cc1. The van der Waals surface area contributed by atoms with E-state index >= 15 is 0 Å². The number of carbonyl (C=O) groups is 3. The number of aliphatic hydroxyl groups excluding tert-OH is 1. The Hall–Kier alpha value is -3.17. The van der Waals surface area contributed by atoms with E-state index in [4.69, 9.17) is 9.47 Å². The molecule has 43 heavy (non-hydrogen) atoms. The summed E-state index contributed by atoms with van der Waals surface area (Å²) < 4.78 is 12.4. The van der Waals surface area contributed by atoms with Crippen molar-refractivity contribution in [2.75, 3.05) is 31.2 Å². The van der Waals surface area contributed by atoms with Gasteiger partial charge in [-0.15, -0.1) is 13.2 Å². The molecule has 9 heteroatoms. The lowest BCUT2D eigenvalue weighted by Gasteiger charge is -2.40. The highest BCUT2D eigenvalue weighted by atomic mass is 16.5. The van der Waals surface area contributed by atoms with E-state index in [2.05, 4.69) is 13.2 Å². The maximum absolute atomic E-state index is 14.6. The highest BCUT2D eigenvalue weighted by Crippen LogP contribution is 2.64. The van der Waals surface area contributed by atoms with Crippen molar-refractivity contribution in [3.8, 4) is 5.75 Å². The number of anilines is 1. The molecule has 1 aromatic rings. The number of benzene rings is 1. The van der Waals surface area contributed by atoms with Crippen LogP contribution < -0.4 is 9.64 Å². The van der Waals surface area contributed by atoms with Crippen LogP contribution >= 0.6 is 0 Å². The number of aliphatic hydroxyl groups is 1. The molecule has 3 heterocycles. The molecule has 2 bridgehead atoms. The molecule has 3 aliphatic rings. The summed E-state index contributed by atoms with van der Waals surface area (Å²) in [6.07, 6.45) is 4.86. The highest BCUT2D eigenvalue weighted by molar-refractivity contribution is 6.03.